The summed E-state index contributed by atoms with van der Waals surface area (Å²) in [5.41, 5.74) is 6.70. The van der Waals surface area contributed by atoms with Crippen LogP contribution >= 0.6 is 11.6 Å². The van der Waals surface area contributed by atoms with Crippen LogP contribution in [0.3, 0.4) is 0 Å². The van der Waals surface area contributed by atoms with Crippen molar-refractivity contribution in [2.75, 3.05) is 13.7 Å². The third kappa shape index (κ3) is 5.48. The van der Waals surface area contributed by atoms with Gasteiger partial charge in [0, 0.05) is 18.7 Å². The summed E-state index contributed by atoms with van der Waals surface area (Å²) in [6.45, 7) is 0.342. The maximum Gasteiger partial charge on any atom is 0.223 e. The van der Waals surface area contributed by atoms with Crippen molar-refractivity contribution in [2.45, 2.75) is 50.7 Å². The number of ether oxygens (including phenoxy) is 1. The number of amides is 1. The van der Waals surface area contributed by atoms with Crippen LogP contribution in [0.1, 0.15) is 50.1 Å². The van der Waals surface area contributed by atoms with Crippen molar-refractivity contribution in [3.63, 3.8) is 0 Å². The molecule has 1 aromatic carbocycles. The monoisotopic (exact) mass is 338 g/mol. The number of carbonyl (C=O) groups excluding carboxylic acids is 1. The molecular formula is C18H27ClN2O2. The van der Waals surface area contributed by atoms with Gasteiger partial charge in [-0.05, 0) is 36.5 Å². The molecule has 4 nitrogen and oxygen atoms in total. The average Bonchev–Trinajstić information content (AvgIpc) is 2.58. The average molecular weight is 339 g/mol. The molecule has 3 N–H and O–H groups in total. The second-order valence-electron chi connectivity index (χ2n) is 6.30. The smallest absolute Gasteiger partial charge is 0.223 e. The van der Waals surface area contributed by atoms with E-state index in [4.69, 9.17) is 22.1 Å². The Morgan fingerprint density at radius 1 is 1.39 bits per heavy atom. The Morgan fingerprint density at radius 2 is 2.13 bits per heavy atom. The summed E-state index contributed by atoms with van der Waals surface area (Å²) < 4.78 is 5.22. The van der Waals surface area contributed by atoms with Gasteiger partial charge >= 0.3 is 0 Å². The molecule has 23 heavy (non-hydrogen) atoms. The highest BCUT2D eigenvalue weighted by molar-refractivity contribution is 6.30. The molecule has 1 amide bonds. The molecule has 5 heteroatoms. The first-order valence-electron chi connectivity index (χ1n) is 8.41. The first-order chi connectivity index (χ1) is 11.1. The Morgan fingerprint density at radius 3 is 2.74 bits per heavy atom. The normalized spacial score (nSPS) is 18.4. The highest BCUT2D eigenvalue weighted by atomic mass is 35.5. The quantitative estimate of drug-likeness (QED) is 0.800. The molecule has 0 saturated heterocycles. The van der Waals surface area contributed by atoms with Gasteiger partial charge in [-0.2, -0.15) is 0 Å². The number of benzene rings is 1. The van der Waals surface area contributed by atoms with E-state index in [1.165, 1.54) is 19.3 Å². The molecule has 0 bridgehead atoms. The van der Waals surface area contributed by atoms with Crippen LogP contribution in [0.4, 0.5) is 0 Å². The van der Waals surface area contributed by atoms with E-state index in [1.807, 2.05) is 24.3 Å². The van der Waals surface area contributed by atoms with E-state index >= 15 is 0 Å². The Balaban J connectivity index is 2.11. The van der Waals surface area contributed by atoms with Crippen molar-refractivity contribution in [3.05, 3.63) is 34.9 Å². The summed E-state index contributed by atoms with van der Waals surface area (Å²) >= 11 is 6.14. The minimum atomic E-state index is -0.235. The number of hydrogen-bond acceptors (Lipinski definition) is 3. The van der Waals surface area contributed by atoms with Crippen molar-refractivity contribution in [1.82, 2.24) is 5.32 Å². The molecule has 0 spiro atoms. The second-order valence-corrected chi connectivity index (χ2v) is 6.73. The van der Waals surface area contributed by atoms with Gasteiger partial charge in [0.2, 0.25) is 5.91 Å². The lowest BCUT2D eigenvalue weighted by molar-refractivity contribution is -0.124. The molecule has 1 saturated carbocycles. The molecule has 1 aliphatic carbocycles. The third-order valence-corrected chi connectivity index (χ3v) is 4.89. The van der Waals surface area contributed by atoms with Gasteiger partial charge in [-0.25, -0.2) is 0 Å². The van der Waals surface area contributed by atoms with Crippen molar-refractivity contribution < 1.29 is 9.53 Å². The first kappa shape index (κ1) is 18.2. The van der Waals surface area contributed by atoms with E-state index in [2.05, 4.69) is 5.32 Å². The van der Waals surface area contributed by atoms with Gasteiger partial charge in [0.05, 0.1) is 18.6 Å². The van der Waals surface area contributed by atoms with E-state index in [1.54, 1.807) is 7.11 Å². The van der Waals surface area contributed by atoms with Crippen LogP contribution in [-0.2, 0) is 9.53 Å². The van der Waals surface area contributed by atoms with Crippen molar-refractivity contribution in [3.8, 4) is 0 Å². The zero-order chi connectivity index (χ0) is 16.7. The van der Waals surface area contributed by atoms with Gasteiger partial charge < -0.3 is 15.8 Å². The molecule has 2 rings (SSSR count). The number of nitrogens with two attached hydrogens (primary N) is 1. The second kappa shape index (κ2) is 9.26. The molecule has 0 aromatic heterocycles. The van der Waals surface area contributed by atoms with Crippen molar-refractivity contribution >= 4 is 17.5 Å². The molecule has 0 radical (unpaired) electrons. The van der Waals surface area contributed by atoms with Gasteiger partial charge in [-0.3, -0.25) is 4.79 Å². The molecule has 128 valence electrons. The number of nitrogens with one attached hydrogen (secondary N) is 1. The number of rotatable bonds is 7. The predicted molar refractivity (Wildman–Crippen MR) is 93.4 cm³/mol. The maximum absolute atomic E-state index is 12.4. The van der Waals surface area contributed by atoms with Crippen LogP contribution in [0.5, 0.6) is 0 Å². The molecule has 1 fully saturated rings. The molecule has 2 atom stereocenters. The summed E-state index contributed by atoms with van der Waals surface area (Å²) in [5, 5.41) is 3.90. The molecule has 1 aliphatic rings. The number of carbonyl (C=O) groups is 1. The van der Waals surface area contributed by atoms with Crippen LogP contribution in [0, 0.1) is 5.92 Å². The fourth-order valence-corrected chi connectivity index (χ4v) is 3.54. The fourth-order valence-electron chi connectivity index (χ4n) is 3.34. The fraction of sp³-hybridized carbons (Fsp3) is 0.611. The number of halogens is 1. The predicted octanol–water partition coefficient (Wildman–Crippen LogP) is 3.44. The number of methoxy groups -OCH3 is 1. The molecule has 0 heterocycles. The van der Waals surface area contributed by atoms with Crippen LogP contribution in [0.25, 0.3) is 0 Å². The van der Waals surface area contributed by atoms with Crippen LogP contribution in [0.15, 0.2) is 24.3 Å². The minimum absolute atomic E-state index is 0.0109. The SMILES string of the molecule is COC(CN)CC(=O)NC(c1cccc(Cl)c1)C1CCCCC1. The van der Waals surface area contributed by atoms with Gasteiger partial charge in [0.1, 0.15) is 0 Å². The largest absolute Gasteiger partial charge is 0.380 e. The van der Waals surface area contributed by atoms with E-state index in [-0.39, 0.29) is 24.5 Å². The minimum Gasteiger partial charge on any atom is -0.380 e. The van der Waals surface area contributed by atoms with Gasteiger partial charge in [-0.1, -0.05) is 43.0 Å². The van der Waals surface area contributed by atoms with E-state index in [9.17, 15) is 4.79 Å². The van der Waals surface area contributed by atoms with Crippen LogP contribution in [-0.4, -0.2) is 25.7 Å². The maximum atomic E-state index is 12.4. The summed E-state index contributed by atoms with van der Waals surface area (Å²) in [6.07, 6.45) is 6.07. The highest BCUT2D eigenvalue weighted by Crippen LogP contribution is 2.35. The lowest BCUT2D eigenvalue weighted by Crippen LogP contribution is -2.37. The summed E-state index contributed by atoms with van der Waals surface area (Å²) in [5.74, 6) is 0.447. The van der Waals surface area contributed by atoms with E-state index < -0.39 is 0 Å². The van der Waals surface area contributed by atoms with Gasteiger partial charge in [-0.15, -0.1) is 0 Å². The zero-order valence-electron chi connectivity index (χ0n) is 13.8. The van der Waals surface area contributed by atoms with E-state index in [0.29, 0.717) is 17.5 Å². The molecule has 1 aromatic rings. The summed E-state index contributed by atoms with van der Waals surface area (Å²) in [7, 11) is 1.58. The Labute approximate surface area is 143 Å². The summed E-state index contributed by atoms with van der Waals surface area (Å²) in [6, 6.07) is 7.81. The van der Waals surface area contributed by atoms with E-state index in [0.717, 1.165) is 18.4 Å². The molecule has 2 unspecified atom stereocenters. The third-order valence-electron chi connectivity index (χ3n) is 4.65. The highest BCUT2D eigenvalue weighted by Gasteiger charge is 2.27. The summed E-state index contributed by atoms with van der Waals surface area (Å²) in [4.78, 5) is 12.4. The Hall–Kier alpha value is -1.10. The number of hydrogen-bond donors (Lipinski definition) is 2. The zero-order valence-corrected chi connectivity index (χ0v) is 14.5. The van der Waals surface area contributed by atoms with Crippen LogP contribution in [0.2, 0.25) is 5.02 Å². The van der Waals surface area contributed by atoms with Crippen LogP contribution < -0.4 is 11.1 Å². The lowest BCUT2D eigenvalue weighted by atomic mass is 9.81. The van der Waals surface area contributed by atoms with Gasteiger partial charge in [0.25, 0.3) is 0 Å². The Bertz CT molecular complexity index is 500. The van der Waals surface area contributed by atoms with Crippen molar-refractivity contribution in [1.29, 1.82) is 0 Å². The standard InChI is InChI=1S/C18H27ClN2O2/c1-23-16(12-20)11-17(22)21-18(13-6-3-2-4-7-13)14-8-5-9-15(19)10-14/h5,8-10,13,16,18H,2-4,6-7,11-12,20H2,1H3,(H,21,22). The van der Waals surface area contributed by atoms with Crippen molar-refractivity contribution in [2.24, 2.45) is 11.7 Å². The lowest BCUT2D eigenvalue weighted by Gasteiger charge is -2.32. The topological polar surface area (TPSA) is 64.3 Å². The molecular weight excluding hydrogens is 312 g/mol. The first-order valence-corrected chi connectivity index (χ1v) is 8.79. The van der Waals surface area contributed by atoms with Gasteiger partial charge in [0.15, 0.2) is 0 Å². The molecule has 0 aliphatic heterocycles. The Kier molecular flexibility index (Phi) is 7.34.